The normalized spacial score (nSPS) is 15.3. The number of benzene rings is 1. The lowest BCUT2D eigenvalue weighted by Gasteiger charge is -2.35. The average Bonchev–Trinajstić information content (AvgIpc) is 3.20. The van der Waals surface area contributed by atoms with E-state index in [1.165, 1.54) is 5.56 Å². The molecule has 1 amide bonds. The summed E-state index contributed by atoms with van der Waals surface area (Å²) in [6.45, 7) is 9.69. The van der Waals surface area contributed by atoms with E-state index in [4.69, 9.17) is 5.41 Å². The first-order chi connectivity index (χ1) is 16.4. The Balaban J connectivity index is 1.32. The molecule has 1 aliphatic heterocycles. The van der Waals surface area contributed by atoms with Gasteiger partial charge >= 0.3 is 0 Å². The van der Waals surface area contributed by atoms with Gasteiger partial charge in [-0.15, -0.1) is 15.3 Å². The van der Waals surface area contributed by atoms with Gasteiger partial charge in [0.2, 0.25) is 5.91 Å². The van der Waals surface area contributed by atoms with Gasteiger partial charge in [-0.3, -0.25) is 9.69 Å². The molecule has 2 N–H and O–H groups in total. The summed E-state index contributed by atoms with van der Waals surface area (Å²) in [7, 11) is 0. The predicted molar refractivity (Wildman–Crippen MR) is 133 cm³/mol. The van der Waals surface area contributed by atoms with Gasteiger partial charge in [-0.25, -0.2) is 0 Å². The second-order valence-corrected chi connectivity index (χ2v) is 8.73. The van der Waals surface area contributed by atoms with E-state index < -0.39 is 0 Å². The van der Waals surface area contributed by atoms with Gasteiger partial charge in [0, 0.05) is 50.6 Å². The Kier molecular flexibility index (Phi) is 7.32. The summed E-state index contributed by atoms with van der Waals surface area (Å²) in [5.41, 5.74) is 4.09. The third-order valence-corrected chi connectivity index (χ3v) is 6.20. The highest BCUT2D eigenvalue weighted by Gasteiger charge is 2.21. The SMILES string of the molecule is CC(=N)/C(CCC(=O)N1CCN(Cc2ccccc2)CC1)=C(/C)Nc1ccc2nnc(C)n2n1. The fourth-order valence-corrected chi connectivity index (χ4v) is 4.27. The van der Waals surface area contributed by atoms with E-state index in [-0.39, 0.29) is 5.91 Å². The maximum absolute atomic E-state index is 12.9. The standard InChI is InChI=1S/C25H32N8O/c1-18(26)22(19(2)27-23-10-11-24-29-28-20(3)33(24)30-23)9-12-25(34)32-15-13-31(14-16-32)17-21-7-5-4-6-8-21/h4-8,10-11,26H,9,12-17H2,1-3H3,(H,27,30)/b22-19-,26-18?. The van der Waals surface area contributed by atoms with Crippen LogP contribution in [0.5, 0.6) is 0 Å². The van der Waals surface area contributed by atoms with Crippen molar-refractivity contribution in [2.45, 2.75) is 40.2 Å². The van der Waals surface area contributed by atoms with Gasteiger partial charge in [0.1, 0.15) is 0 Å². The van der Waals surface area contributed by atoms with E-state index in [9.17, 15) is 4.79 Å². The second kappa shape index (κ2) is 10.6. The zero-order valence-corrected chi connectivity index (χ0v) is 20.1. The zero-order valence-electron chi connectivity index (χ0n) is 20.1. The Morgan fingerprint density at radius 3 is 2.44 bits per heavy atom. The number of anilines is 1. The number of carbonyl (C=O) groups is 1. The van der Waals surface area contributed by atoms with Crippen LogP contribution in [0.2, 0.25) is 0 Å². The van der Waals surface area contributed by atoms with Crippen molar-refractivity contribution in [1.29, 1.82) is 5.41 Å². The van der Waals surface area contributed by atoms with Crippen molar-refractivity contribution in [3.05, 3.63) is 65.1 Å². The fourth-order valence-electron chi connectivity index (χ4n) is 4.27. The van der Waals surface area contributed by atoms with Crippen LogP contribution >= 0.6 is 0 Å². The molecule has 178 valence electrons. The van der Waals surface area contributed by atoms with Crippen LogP contribution in [0.25, 0.3) is 5.65 Å². The van der Waals surface area contributed by atoms with Crippen LogP contribution in [-0.4, -0.2) is 67.4 Å². The highest BCUT2D eigenvalue weighted by atomic mass is 16.2. The van der Waals surface area contributed by atoms with E-state index in [1.807, 2.05) is 36.9 Å². The number of piperazine rings is 1. The Hall–Kier alpha value is -3.59. The molecule has 1 aliphatic rings. The average molecular weight is 461 g/mol. The van der Waals surface area contributed by atoms with Crippen LogP contribution in [0, 0.1) is 12.3 Å². The molecule has 1 saturated heterocycles. The van der Waals surface area contributed by atoms with Crippen LogP contribution in [0.4, 0.5) is 5.82 Å². The summed E-state index contributed by atoms with van der Waals surface area (Å²) in [4.78, 5) is 17.2. The van der Waals surface area contributed by atoms with Gasteiger partial charge in [-0.05, 0) is 50.5 Å². The molecule has 2 aromatic heterocycles. The van der Waals surface area contributed by atoms with Gasteiger partial charge in [0.15, 0.2) is 17.3 Å². The van der Waals surface area contributed by atoms with Crippen molar-refractivity contribution < 1.29 is 4.79 Å². The number of hydrogen-bond acceptors (Lipinski definition) is 7. The summed E-state index contributed by atoms with van der Waals surface area (Å²) in [5.74, 6) is 1.50. The number of nitrogens with zero attached hydrogens (tertiary/aromatic N) is 6. The molecule has 34 heavy (non-hydrogen) atoms. The van der Waals surface area contributed by atoms with E-state index >= 15 is 0 Å². The first-order valence-electron chi connectivity index (χ1n) is 11.7. The van der Waals surface area contributed by atoms with Crippen molar-refractivity contribution in [1.82, 2.24) is 29.6 Å². The molecule has 0 bridgehead atoms. The molecule has 0 radical (unpaired) electrons. The molecule has 0 spiro atoms. The number of allylic oxidation sites excluding steroid dienone is 2. The predicted octanol–water partition coefficient (Wildman–Crippen LogP) is 3.28. The van der Waals surface area contributed by atoms with E-state index in [0.29, 0.717) is 35.8 Å². The highest BCUT2D eigenvalue weighted by molar-refractivity contribution is 5.97. The minimum absolute atomic E-state index is 0.144. The molecule has 1 aromatic carbocycles. The Morgan fingerprint density at radius 2 is 1.74 bits per heavy atom. The molecule has 3 heterocycles. The van der Waals surface area contributed by atoms with Crippen LogP contribution in [0.3, 0.4) is 0 Å². The minimum Gasteiger partial charge on any atom is -0.342 e. The van der Waals surface area contributed by atoms with Crippen molar-refractivity contribution >= 4 is 23.1 Å². The molecule has 0 saturated carbocycles. The summed E-state index contributed by atoms with van der Waals surface area (Å²) in [6.07, 6.45) is 0.908. The summed E-state index contributed by atoms with van der Waals surface area (Å²) >= 11 is 0. The number of fused-ring (bicyclic) bond motifs is 1. The molecule has 4 rings (SSSR count). The molecule has 9 nitrogen and oxygen atoms in total. The lowest BCUT2D eigenvalue weighted by Crippen LogP contribution is -2.48. The molecular formula is C25H32N8O. The summed E-state index contributed by atoms with van der Waals surface area (Å²) in [6, 6.07) is 14.1. The first-order valence-corrected chi connectivity index (χ1v) is 11.7. The number of amides is 1. The second-order valence-electron chi connectivity index (χ2n) is 8.73. The van der Waals surface area contributed by atoms with Gasteiger partial charge in [-0.1, -0.05) is 30.3 Å². The first kappa shape index (κ1) is 23.6. The third-order valence-electron chi connectivity index (χ3n) is 6.20. The molecule has 0 aliphatic carbocycles. The van der Waals surface area contributed by atoms with Crippen molar-refractivity contribution in [2.24, 2.45) is 0 Å². The number of nitrogens with one attached hydrogen (secondary N) is 2. The smallest absolute Gasteiger partial charge is 0.222 e. The lowest BCUT2D eigenvalue weighted by molar-refractivity contribution is -0.132. The van der Waals surface area contributed by atoms with Gasteiger partial charge in [0.05, 0.1) is 0 Å². The zero-order chi connectivity index (χ0) is 24.1. The molecule has 0 atom stereocenters. The van der Waals surface area contributed by atoms with Crippen molar-refractivity contribution in [3.63, 3.8) is 0 Å². The number of aryl methyl sites for hydroxylation is 1. The van der Waals surface area contributed by atoms with E-state index in [2.05, 4.69) is 49.8 Å². The molecule has 9 heteroatoms. The Morgan fingerprint density at radius 1 is 1.00 bits per heavy atom. The van der Waals surface area contributed by atoms with Crippen LogP contribution in [0.15, 0.2) is 53.7 Å². The molecule has 3 aromatic rings. The molecule has 0 unspecified atom stereocenters. The quantitative estimate of drug-likeness (QED) is 0.500. The van der Waals surface area contributed by atoms with E-state index in [0.717, 1.165) is 44.0 Å². The van der Waals surface area contributed by atoms with Crippen LogP contribution in [0.1, 0.15) is 38.1 Å². The van der Waals surface area contributed by atoms with Crippen LogP contribution < -0.4 is 5.32 Å². The lowest BCUT2D eigenvalue weighted by atomic mass is 10.0. The van der Waals surface area contributed by atoms with E-state index in [1.54, 1.807) is 11.4 Å². The topological polar surface area (TPSA) is 103 Å². The number of carbonyl (C=O) groups excluding carboxylic acids is 1. The van der Waals surface area contributed by atoms with Crippen LogP contribution in [-0.2, 0) is 11.3 Å². The Bertz CT molecular complexity index is 1190. The number of rotatable bonds is 8. The van der Waals surface area contributed by atoms with Gasteiger partial charge in [-0.2, -0.15) is 4.52 Å². The third kappa shape index (κ3) is 5.66. The Labute approximate surface area is 200 Å². The van der Waals surface area contributed by atoms with Crippen molar-refractivity contribution in [2.75, 3.05) is 31.5 Å². The van der Waals surface area contributed by atoms with Crippen molar-refractivity contribution in [3.8, 4) is 0 Å². The maximum atomic E-state index is 12.9. The van der Waals surface area contributed by atoms with Gasteiger partial charge < -0.3 is 15.6 Å². The minimum atomic E-state index is 0.144. The largest absolute Gasteiger partial charge is 0.342 e. The van der Waals surface area contributed by atoms with Gasteiger partial charge in [0.25, 0.3) is 0 Å². The molecular weight excluding hydrogens is 428 g/mol. The fraction of sp³-hybridized carbons (Fsp3) is 0.400. The maximum Gasteiger partial charge on any atom is 0.222 e. The number of aromatic nitrogens is 4. The number of hydrogen-bond donors (Lipinski definition) is 2. The summed E-state index contributed by atoms with van der Waals surface area (Å²) < 4.78 is 1.67. The highest BCUT2D eigenvalue weighted by Crippen LogP contribution is 2.18. The summed E-state index contributed by atoms with van der Waals surface area (Å²) in [5, 5.41) is 24.1. The monoisotopic (exact) mass is 460 g/mol. The molecule has 1 fully saturated rings.